The highest BCUT2D eigenvalue weighted by Crippen LogP contribution is 2.21. The molecule has 1 aliphatic rings. The zero-order valence-corrected chi connectivity index (χ0v) is 21.2. The van der Waals surface area contributed by atoms with Gasteiger partial charge in [0.25, 0.3) is 0 Å². The van der Waals surface area contributed by atoms with E-state index in [0.717, 1.165) is 42.5 Å². The van der Waals surface area contributed by atoms with Crippen molar-refractivity contribution in [2.75, 3.05) is 31.1 Å². The van der Waals surface area contributed by atoms with Gasteiger partial charge in [-0.3, -0.25) is 0 Å². The fourth-order valence-corrected chi connectivity index (χ4v) is 3.60. The molecule has 3 N–H and O–H groups in total. The maximum atomic E-state index is 10.8. The highest BCUT2D eigenvalue weighted by atomic mass is 127. The van der Waals surface area contributed by atoms with Crippen LogP contribution in [0.4, 0.5) is 5.82 Å². The summed E-state index contributed by atoms with van der Waals surface area (Å²) in [6.07, 6.45) is 4.39. The zero-order valence-electron chi connectivity index (χ0n) is 18.8. The van der Waals surface area contributed by atoms with E-state index in [9.17, 15) is 5.11 Å². The summed E-state index contributed by atoms with van der Waals surface area (Å²) in [5.74, 6) is 2.55. The highest BCUT2D eigenvalue weighted by Gasteiger charge is 2.23. The Morgan fingerprint density at radius 2 is 1.87 bits per heavy atom. The van der Waals surface area contributed by atoms with Gasteiger partial charge in [0.1, 0.15) is 11.4 Å². The summed E-state index contributed by atoms with van der Waals surface area (Å²) >= 11 is 0. The molecule has 2 heterocycles. The Balaban J connectivity index is 0.00000341. The molecule has 0 amide bonds. The van der Waals surface area contributed by atoms with Gasteiger partial charge in [-0.25, -0.2) is 9.98 Å². The van der Waals surface area contributed by atoms with E-state index in [-0.39, 0.29) is 24.0 Å². The van der Waals surface area contributed by atoms with Crippen molar-refractivity contribution in [2.45, 2.75) is 45.8 Å². The second-order valence-corrected chi connectivity index (χ2v) is 8.38. The molecule has 1 atom stereocenters. The first-order valence-corrected chi connectivity index (χ1v) is 11.0. The molecule has 0 aliphatic carbocycles. The molecular weight excluding hydrogens is 501 g/mol. The third-order valence-corrected chi connectivity index (χ3v) is 5.68. The van der Waals surface area contributed by atoms with Crippen molar-refractivity contribution >= 4 is 35.8 Å². The van der Waals surface area contributed by atoms with Crippen LogP contribution in [-0.4, -0.2) is 42.2 Å². The summed E-state index contributed by atoms with van der Waals surface area (Å²) in [5, 5.41) is 17.3. The number of halogens is 1. The van der Waals surface area contributed by atoms with Crippen LogP contribution in [0.3, 0.4) is 0 Å². The van der Waals surface area contributed by atoms with Gasteiger partial charge < -0.3 is 20.6 Å². The highest BCUT2D eigenvalue weighted by molar-refractivity contribution is 14.0. The number of rotatable bonds is 7. The number of benzene rings is 1. The Morgan fingerprint density at radius 3 is 2.48 bits per heavy atom. The van der Waals surface area contributed by atoms with Crippen LogP contribution in [0.25, 0.3) is 0 Å². The number of guanidine groups is 1. The van der Waals surface area contributed by atoms with E-state index in [1.54, 1.807) is 0 Å². The number of nitrogens with one attached hydrogen (secondary N) is 2. The molecule has 1 aliphatic heterocycles. The molecule has 3 rings (SSSR count). The maximum absolute atomic E-state index is 10.8. The van der Waals surface area contributed by atoms with Gasteiger partial charge in [0, 0.05) is 25.8 Å². The second-order valence-electron chi connectivity index (χ2n) is 8.38. The van der Waals surface area contributed by atoms with Crippen molar-refractivity contribution < 1.29 is 5.11 Å². The molecule has 1 unspecified atom stereocenters. The average Bonchev–Trinajstić information content (AvgIpc) is 2.77. The number of aromatic nitrogens is 1. The van der Waals surface area contributed by atoms with Crippen molar-refractivity contribution in [3.8, 4) is 0 Å². The summed E-state index contributed by atoms with van der Waals surface area (Å²) < 4.78 is 0. The van der Waals surface area contributed by atoms with Gasteiger partial charge in [-0.15, -0.1) is 24.0 Å². The summed E-state index contributed by atoms with van der Waals surface area (Å²) in [7, 11) is 0. The average molecular weight is 537 g/mol. The first-order chi connectivity index (χ1) is 14.5. The van der Waals surface area contributed by atoms with Crippen molar-refractivity contribution in [1.29, 1.82) is 0 Å². The number of piperidine rings is 1. The van der Waals surface area contributed by atoms with Gasteiger partial charge in [-0.1, -0.05) is 43.3 Å². The van der Waals surface area contributed by atoms with Crippen molar-refractivity contribution in [2.24, 2.45) is 10.9 Å². The summed E-state index contributed by atoms with van der Waals surface area (Å²) in [4.78, 5) is 11.7. The molecule has 0 radical (unpaired) electrons. The second kappa shape index (κ2) is 12.2. The number of aliphatic imine (C=N–C) groups is 1. The van der Waals surface area contributed by atoms with E-state index in [1.165, 1.54) is 12.8 Å². The minimum absolute atomic E-state index is 0. The number of hydrogen-bond donors (Lipinski definition) is 3. The SMILES string of the molecule is CCNC(=NCc1ccc(N2CCC(C)CC2)nc1)NCC(C)(O)c1ccccc1.I. The number of hydrogen-bond acceptors (Lipinski definition) is 4. The van der Waals surface area contributed by atoms with Gasteiger partial charge in [0.2, 0.25) is 0 Å². The summed E-state index contributed by atoms with van der Waals surface area (Å²) in [6, 6.07) is 13.9. The minimum atomic E-state index is -0.980. The fourth-order valence-electron chi connectivity index (χ4n) is 3.60. The van der Waals surface area contributed by atoms with Gasteiger partial charge in [-0.2, -0.15) is 0 Å². The van der Waals surface area contributed by atoms with E-state index in [2.05, 4.69) is 44.6 Å². The number of nitrogens with zero attached hydrogens (tertiary/aromatic N) is 3. The standard InChI is InChI=1S/C24H35N5O.HI/c1-4-25-23(28-18-24(3,30)21-8-6-5-7-9-21)27-17-20-10-11-22(26-16-20)29-14-12-19(2)13-15-29;/h5-11,16,19,30H,4,12-15,17-18H2,1-3H3,(H2,25,27,28);1H. The monoisotopic (exact) mass is 537 g/mol. The Kier molecular flexibility index (Phi) is 10.0. The lowest BCUT2D eigenvalue weighted by atomic mass is 9.96. The Hall–Kier alpha value is -1.87. The van der Waals surface area contributed by atoms with E-state index in [1.807, 2.05) is 50.4 Å². The van der Waals surface area contributed by atoms with Crippen LogP contribution >= 0.6 is 24.0 Å². The van der Waals surface area contributed by atoms with E-state index in [0.29, 0.717) is 19.0 Å². The lowest BCUT2D eigenvalue weighted by molar-refractivity contribution is 0.0617. The third kappa shape index (κ3) is 7.64. The number of pyridine rings is 1. The van der Waals surface area contributed by atoms with E-state index in [4.69, 9.17) is 0 Å². The maximum Gasteiger partial charge on any atom is 0.191 e. The molecular formula is C24H36IN5O. The predicted molar refractivity (Wildman–Crippen MR) is 139 cm³/mol. The molecule has 7 heteroatoms. The van der Waals surface area contributed by atoms with Crippen molar-refractivity contribution in [1.82, 2.24) is 15.6 Å². The molecule has 0 spiro atoms. The predicted octanol–water partition coefficient (Wildman–Crippen LogP) is 3.90. The minimum Gasteiger partial charge on any atom is -0.384 e. The van der Waals surface area contributed by atoms with Crippen molar-refractivity contribution in [3.05, 3.63) is 59.8 Å². The lowest BCUT2D eigenvalue weighted by Gasteiger charge is -2.31. The Labute approximate surface area is 203 Å². The van der Waals surface area contributed by atoms with Crippen LogP contribution < -0.4 is 15.5 Å². The van der Waals surface area contributed by atoms with Crippen LogP contribution in [0.15, 0.2) is 53.7 Å². The number of anilines is 1. The van der Waals surface area contributed by atoms with E-state index >= 15 is 0 Å². The summed E-state index contributed by atoms with van der Waals surface area (Å²) in [5.41, 5.74) is 0.962. The number of aliphatic hydroxyl groups is 1. The molecule has 0 bridgehead atoms. The third-order valence-electron chi connectivity index (χ3n) is 5.68. The van der Waals surface area contributed by atoms with Crippen LogP contribution in [0.2, 0.25) is 0 Å². The van der Waals surface area contributed by atoms with Crippen LogP contribution in [0, 0.1) is 5.92 Å². The zero-order chi connectivity index (χ0) is 21.4. The van der Waals surface area contributed by atoms with Crippen LogP contribution in [-0.2, 0) is 12.1 Å². The Bertz CT molecular complexity index is 802. The fraction of sp³-hybridized carbons (Fsp3) is 0.500. The van der Waals surface area contributed by atoms with Gasteiger partial charge in [-0.05, 0) is 49.8 Å². The molecule has 31 heavy (non-hydrogen) atoms. The molecule has 6 nitrogen and oxygen atoms in total. The lowest BCUT2D eigenvalue weighted by Crippen LogP contribution is -2.44. The van der Waals surface area contributed by atoms with Gasteiger partial charge in [0.05, 0.1) is 13.1 Å². The largest absolute Gasteiger partial charge is 0.384 e. The molecule has 170 valence electrons. The Morgan fingerprint density at radius 1 is 1.16 bits per heavy atom. The van der Waals surface area contributed by atoms with Gasteiger partial charge >= 0.3 is 0 Å². The van der Waals surface area contributed by atoms with Gasteiger partial charge in [0.15, 0.2) is 5.96 Å². The van der Waals surface area contributed by atoms with E-state index < -0.39 is 5.60 Å². The molecule has 0 saturated carbocycles. The molecule has 1 fully saturated rings. The molecule has 2 aromatic rings. The molecule has 1 saturated heterocycles. The molecule has 1 aromatic heterocycles. The summed E-state index contributed by atoms with van der Waals surface area (Å²) in [6.45, 7) is 9.99. The van der Waals surface area contributed by atoms with Crippen molar-refractivity contribution in [3.63, 3.8) is 0 Å². The van der Waals surface area contributed by atoms with Crippen LogP contribution in [0.5, 0.6) is 0 Å². The first kappa shape index (κ1) is 25.4. The van der Waals surface area contributed by atoms with Crippen LogP contribution in [0.1, 0.15) is 44.7 Å². The first-order valence-electron chi connectivity index (χ1n) is 11.0. The quantitative estimate of drug-likeness (QED) is 0.284. The topological polar surface area (TPSA) is 72.8 Å². The molecule has 1 aromatic carbocycles. The smallest absolute Gasteiger partial charge is 0.191 e. The normalized spacial score (nSPS) is 16.9.